The monoisotopic (exact) mass is 464 g/mol. The zero-order valence-corrected chi connectivity index (χ0v) is 20.7. The Morgan fingerprint density at radius 1 is 0.829 bits per heavy atom. The first-order chi connectivity index (χ1) is 17.0. The van der Waals surface area contributed by atoms with Crippen LogP contribution < -0.4 is 4.90 Å². The van der Waals surface area contributed by atoms with Crippen LogP contribution in [0.15, 0.2) is 72.8 Å². The van der Waals surface area contributed by atoms with Crippen LogP contribution in [0.5, 0.6) is 0 Å². The Morgan fingerprint density at radius 3 is 2.37 bits per heavy atom. The summed E-state index contributed by atoms with van der Waals surface area (Å²) >= 11 is 0. The standard InChI is InChI=1S/C30H32N4O/c1-21(2)27-22(3)31-28(24-12-5-4-6-13-24)32-29(27)33-17-10-18-34(20-19-33)30(35)26-16-9-14-23-11-7-8-15-25(23)26/h4-9,11-16,21H,10,17-20H2,1-3H3. The molecule has 1 aromatic heterocycles. The predicted octanol–water partition coefficient (Wildman–Crippen LogP) is 6.08. The van der Waals surface area contributed by atoms with Gasteiger partial charge in [0, 0.05) is 48.6 Å². The molecule has 1 saturated heterocycles. The van der Waals surface area contributed by atoms with Crippen molar-refractivity contribution in [3.8, 4) is 11.4 Å². The van der Waals surface area contributed by atoms with Crippen molar-refractivity contribution in [3.05, 3.63) is 89.6 Å². The lowest BCUT2D eigenvalue weighted by Crippen LogP contribution is -2.36. The van der Waals surface area contributed by atoms with Crippen LogP contribution in [-0.4, -0.2) is 47.0 Å². The second-order valence-corrected chi connectivity index (χ2v) is 9.55. The molecule has 3 aromatic carbocycles. The minimum absolute atomic E-state index is 0.108. The number of fused-ring (bicyclic) bond motifs is 1. The summed E-state index contributed by atoms with van der Waals surface area (Å²) < 4.78 is 0. The summed E-state index contributed by atoms with van der Waals surface area (Å²) in [5, 5.41) is 2.11. The van der Waals surface area contributed by atoms with Crippen molar-refractivity contribution < 1.29 is 4.79 Å². The molecule has 1 aliphatic rings. The molecule has 1 fully saturated rings. The van der Waals surface area contributed by atoms with Gasteiger partial charge in [-0.2, -0.15) is 0 Å². The second kappa shape index (κ2) is 9.87. The summed E-state index contributed by atoms with van der Waals surface area (Å²) in [6.45, 7) is 9.51. The fourth-order valence-electron chi connectivity index (χ4n) is 5.11. The lowest BCUT2D eigenvalue weighted by atomic mass is 10.0. The molecule has 4 aromatic rings. The van der Waals surface area contributed by atoms with E-state index in [0.29, 0.717) is 12.5 Å². The number of benzene rings is 3. The van der Waals surface area contributed by atoms with E-state index in [9.17, 15) is 4.79 Å². The highest BCUT2D eigenvalue weighted by Crippen LogP contribution is 2.31. The number of rotatable bonds is 4. The van der Waals surface area contributed by atoms with Crippen LogP contribution in [0.3, 0.4) is 0 Å². The molecule has 0 unspecified atom stereocenters. The van der Waals surface area contributed by atoms with Crippen LogP contribution in [0, 0.1) is 6.92 Å². The maximum Gasteiger partial charge on any atom is 0.254 e. The zero-order valence-electron chi connectivity index (χ0n) is 20.7. The lowest BCUT2D eigenvalue weighted by molar-refractivity contribution is 0.0769. The average Bonchev–Trinajstić information content (AvgIpc) is 3.14. The van der Waals surface area contributed by atoms with Gasteiger partial charge in [0.25, 0.3) is 5.91 Å². The Hall–Kier alpha value is -3.73. The number of nitrogens with zero attached hydrogens (tertiary/aromatic N) is 4. The van der Waals surface area contributed by atoms with Crippen molar-refractivity contribution in [2.75, 3.05) is 31.1 Å². The summed E-state index contributed by atoms with van der Waals surface area (Å²) in [5.41, 5.74) is 4.02. The largest absolute Gasteiger partial charge is 0.354 e. The maximum atomic E-state index is 13.6. The fourth-order valence-corrected chi connectivity index (χ4v) is 5.11. The lowest BCUT2D eigenvalue weighted by Gasteiger charge is -2.27. The van der Waals surface area contributed by atoms with E-state index in [-0.39, 0.29) is 5.91 Å². The first kappa shape index (κ1) is 23.0. The van der Waals surface area contributed by atoms with Crippen LogP contribution in [0.2, 0.25) is 0 Å². The predicted molar refractivity (Wildman–Crippen MR) is 143 cm³/mol. The Balaban J connectivity index is 1.44. The molecule has 0 bridgehead atoms. The minimum atomic E-state index is 0.108. The Bertz CT molecular complexity index is 1340. The van der Waals surface area contributed by atoms with Crippen molar-refractivity contribution in [3.63, 3.8) is 0 Å². The summed E-state index contributed by atoms with van der Waals surface area (Å²) in [7, 11) is 0. The Morgan fingerprint density at radius 2 is 1.57 bits per heavy atom. The summed E-state index contributed by atoms with van der Waals surface area (Å²) in [5.74, 6) is 2.18. The summed E-state index contributed by atoms with van der Waals surface area (Å²) in [4.78, 5) is 27.8. The van der Waals surface area contributed by atoms with Gasteiger partial charge in [0.05, 0.1) is 0 Å². The molecule has 35 heavy (non-hydrogen) atoms. The Kier molecular flexibility index (Phi) is 6.49. The van der Waals surface area contributed by atoms with E-state index in [1.165, 1.54) is 5.56 Å². The molecule has 5 nitrogen and oxygen atoms in total. The number of anilines is 1. The molecular formula is C30H32N4O. The molecule has 0 saturated carbocycles. The smallest absolute Gasteiger partial charge is 0.254 e. The Labute approximate surface area is 207 Å². The van der Waals surface area contributed by atoms with Gasteiger partial charge in [-0.1, -0.05) is 80.6 Å². The molecule has 0 N–H and O–H groups in total. The van der Waals surface area contributed by atoms with Crippen LogP contribution in [0.25, 0.3) is 22.2 Å². The van der Waals surface area contributed by atoms with Crippen molar-refractivity contribution >= 4 is 22.5 Å². The van der Waals surface area contributed by atoms with Gasteiger partial charge in [-0.05, 0) is 36.1 Å². The van der Waals surface area contributed by atoms with E-state index in [0.717, 1.165) is 65.3 Å². The number of aromatic nitrogens is 2. The van der Waals surface area contributed by atoms with E-state index in [1.54, 1.807) is 0 Å². The van der Waals surface area contributed by atoms with Crippen LogP contribution >= 0.6 is 0 Å². The van der Waals surface area contributed by atoms with E-state index in [4.69, 9.17) is 9.97 Å². The van der Waals surface area contributed by atoms with Crippen molar-refractivity contribution in [2.45, 2.75) is 33.1 Å². The quantitative estimate of drug-likeness (QED) is 0.367. The van der Waals surface area contributed by atoms with Crippen molar-refractivity contribution in [1.82, 2.24) is 14.9 Å². The van der Waals surface area contributed by atoms with Crippen molar-refractivity contribution in [2.24, 2.45) is 0 Å². The SMILES string of the molecule is Cc1nc(-c2ccccc2)nc(N2CCCN(C(=O)c3cccc4ccccc34)CC2)c1C(C)C. The zero-order chi connectivity index (χ0) is 24.4. The minimum Gasteiger partial charge on any atom is -0.354 e. The van der Waals surface area contributed by atoms with Crippen LogP contribution in [0.4, 0.5) is 5.82 Å². The molecule has 0 aliphatic carbocycles. The van der Waals surface area contributed by atoms with Crippen LogP contribution in [-0.2, 0) is 0 Å². The molecule has 5 rings (SSSR count). The highest BCUT2D eigenvalue weighted by molar-refractivity contribution is 6.07. The summed E-state index contributed by atoms with van der Waals surface area (Å²) in [6.07, 6.45) is 0.901. The van der Waals surface area contributed by atoms with Gasteiger partial charge in [0.2, 0.25) is 0 Å². The topological polar surface area (TPSA) is 49.3 Å². The highest BCUT2D eigenvalue weighted by atomic mass is 16.2. The molecular weight excluding hydrogens is 432 g/mol. The molecule has 1 amide bonds. The molecule has 178 valence electrons. The molecule has 0 spiro atoms. The molecule has 0 atom stereocenters. The number of hydrogen-bond donors (Lipinski definition) is 0. The third kappa shape index (κ3) is 4.63. The molecule has 5 heteroatoms. The average molecular weight is 465 g/mol. The fraction of sp³-hybridized carbons (Fsp3) is 0.300. The van der Waals surface area contributed by atoms with Crippen molar-refractivity contribution in [1.29, 1.82) is 0 Å². The van der Waals surface area contributed by atoms with Gasteiger partial charge in [-0.15, -0.1) is 0 Å². The molecule has 2 heterocycles. The van der Waals surface area contributed by atoms with E-state index in [1.807, 2.05) is 53.4 Å². The van der Waals surface area contributed by atoms with E-state index >= 15 is 0 Å². The second-order valence-electron chi connectivity index (χ2n) is 9.55. The number of aryl methyl sites for hydroxylation is 1. The normalized spacial score (nSPS) is 14.4. The maximum absolute atomic E-state index is 13.6. The van der Waals surface area contributed by atoms with Gasteiger partial charge in [-0.3, -0.25) is 4.79 Å². The highest BCUT2D eigenvalue weighted by Gasteiger charge is 2.25. The van der Waals surface area contributed by atoms with Gasteiger partial charge in [-0.25, -0.2) is 9.97 Å². The molecule has 1 aliphatic heterocycles. The third-order valence-corrected chi connectivity index (χ3v) is 6.83. The number of carbonyl (C=O) groups excluding carboxylic acids is 1. The number of amides is 1. The van der Waals surface area contributed by atoms with Gasteiger partial charge < -0.3 is 9.80 Å². The van der Waals surface area contributed by atoms with Gasteiger partial charge >= 0.3 is 0 Å². The van der Waals surface area contributed by atoms with E-state index in [2.05, 4.69) is 49.9 Å². The van der Waals surface area contributed by atoms with Gasteiger partial charge in [0.1, 0.15) is 5.82 Å². The number of carbonyl (C=O) groups is 1. The third-order valence-electron chi connectivity index (χ3n) is 6.83. The summed E-state index contributed by atoms with van der Waals surface area (Å²) in [6, 6.07) is 24.3. The van der Waals surface area contributed by atoms with E-state index < -0.39 is 0 Å². The first-order valence-electron chi connectivity index (χ1n) is 12.5. The van der Waals surface area contributed by atoms with Gasteiger partial charge in [0.15, 0.2) is 5.82 Å². The molecule has 0 radical (unpaired) electrons. The number of hydrogen-bond acceptors (Lipinski definition) is 4. The van der Waals surface area contributed by atoms with Crippen LogP contribution in [0.1, 0.15) is 47.8 Å². The first-order valence-corrected chi connectivity index (χ1v) is 12.5.